The zero-order chi connectivity index (χ0) is 34.9. The fourth-order valence-corrected chi connectivity index (χ4v) is 7.79. The maximum absolute atomic E-state index is 6.51. The van der Waals surface area contributed by atoms with Gasteiger partial charge in [0.05, 0.1) is 33.6 Å². The Bertz CT molecular complexity index is 3200. The minimum absolute atomic E-state index is 0.896. The molecule has 11 aromatic rings. The Morgan fingerprint density at radius 3 is 1.57 bits per heavy atom. The van der Waals surface area contributed by atoms with Gasteiger partial charge in [0.1, 0.15) is 11.2 Å². The number of rotatable bonds is 4. The Labute approximate surface area is 304 Å². The molecule has 0 aliphatic carbocycles. The van der Waals surface area contributed by atoms with Gasteiger partial charge < -0.3 is 4.42 Å². The smallest absolute Gasteiger partial charge is 0.144 e. The largest absolute Gasteiger partial charge is 0.455 e. The predicted molar refractivity (Wildman–Crippen MR) is 219 cm³/mol. The SMILES string of the molecule is c1ccc(-c2ccc3ccc4ccc(-c5ccc(-c6ccc(-c7nc8ccccc8c8c7ccc7c9ccccc9oc78)cc6)cc5)nc4c3n2)cc1. The van der Waals surface area contributed by atoms with Crippen LogP contribution in [0.15, 0.2) is 180 Å². The van der Waals surface area contributed by atoms with Crippen molar-refractivity contribution in [2.75, 3.05) is 0 Å². The number of para-hydroxylation sites is 2. The molecule has 4 aromatic heterocycles. The van der Waals surface area contributed by atoms with E-state index in [1.807, 2.05) is 36.4 Å². The average molecular weight is 676 g/mol. The molecule has 4 heterocycles. The van der Waals surface area contributed by atoms with Gasteiger partial charge in [-0.2, -0.15) is 0 Å². The lowest BCUT2D eigenvalue weighted by Crippen LogP contribution is -1.91. The summed E-state index contributed by atoms with van der Waals surface area (Å²) in [7, 11) is 0. The molecule has 0 aliphatic rings. The molecule has 0 radical (unpaired) electrons. The van der Waals surface area contributed by atoms with E-state index in [4.69, 9.17) is 19.4 Å². The Morgan fingerprint density at radius 2 is 0.868 bits per heavy atom. The van der Waals surface area contributed by atoms with Crippen LogP contribution in [0.3, 0.4) is 0 Å². The second-order valence-electron chi connectivity index (χ2n) is 13.6. The highest BCUT2D eigenvalue weighted by atomic mass is 16.3. The van der Waals surface area contributed by atoms with Crippen LogP contribution in [0.5, 0.6) is 0 Å². The summed E-state index contributed by atoms with van der Waals surface area (Å²) >= 11 is 0. The number of fused-ring (bicyclic) bond motifs is 10. The molecule has 0 bridgehead atoms. The molecule has 4 nitrogen and oxygen atoms in total. The number of furan rings is 1. The quantitative estimate of drug-likeness (QED) is 0.174. The topological polar surface area (TPSA) is 51.8 Å². The summed E-state index contributed by atoms with van der Waals surface area (Å²) in [6.45, 7) is 0. The first-order valence-corrected chi connectivity index (χ1v) is 17.9. The highest BCUT2D eigenvalue weighted by Gasteiger charge is 2.17. The fourth-order valence-electron chi connectivity index (χ4n) is 7.79. The highest BCUT2D eigenvalue weighted by molar-refractivity contribution is 6.24. The van der Waals surface area contributed by atoms with Gasteiger partial charge in [0.15, 0.2) is 0 Å². The number of benzene rings is 7. The summed E-state index contributed by atoms with van der Waals surface area (Å²) < 4.78 is 6.51. The summed E-state index contributed by atoms with van der Waals surface area (Å²) in [6.07, 6.45) is 0. The summed E-state index contributed by atoms with van der Waals surface area (Å²) in [4.78, 5) is 15.4. The zero-order valence-corrected chi connectivity index (χ0v) is 28.5. The Balaban J connectivity index is 0.952. The monoisotopic (exact) mass is 675 g/mol. The second-order valence-corrected chi connectivity index (χ2v) is 13.6. The summed E-state index contributed by atoms with van der Waals surface area (Å²) in [5.41, 5.74) is 12.9. The molecule has 0 saturated carbocycles. The third-order valence-electron chi connectivity index (χ3n) is 10.5. The van der Waals surface area contributed by atoms with Crippen LogP contribution in [0, 0.1) is 0 Å². The number of pyridine rings is 3. The molecule has 7 aromatic carbocycles. The summed E-state index contributed by atoms with van der Waals surface area (Å²) in [6, 6.07) is 61.3. The lowest BCUT2D eigenvalue weighted by molar-refractivity contribution is 0.673. The van der Waals surface area contributed by atoms with E-state index in [9.17, 15) is 0 Å². The van der Waals surface area contributed by atoms with Crippen LogP contribution in [0.2, 0.25) is 0 Å². The molecule has 4 heteroatoms. The van der Waals surface area contributed by atoms with Gasteiger partial charge in [-0.05, 0) is 41.5 Å². The Kier molecular flexibility index (Phi) is 6.52. The number of hydrogen-bond donors (Lipinski definition) is 0. The Hall–Kier alpha value is -7.17. The van der Waals surface area contributed by atoms with Crippen molar-refractivity contribution in [2.45, 2.75) is 0 Å². The third-order valence-corrected chi connectivity index (χ3v) is 10.5. The lowest BCUT2D eigenvalue weighted by atomic mass is 9.96. The molecule has 53 heavy (non-hydrogen) atoms. The molecule has 0 aliphatic heterocycles. The van der Waals surface area contributed by atoms with Crippen molar-refractivity contribution in [3.05, 3.63) is 176 Å². The van der Waals surface area contributed by atoms with Gasteiger partial charge in [-0.25, -0.2) is 15.0 Å². The van der Waals surface area contributed by atoms with Gasteiger partial charge in [-0.3, -0.25) is 0 Å². The van der Waals surface area contributed by atoms with E-state index in [0.717, 1.165) is 110 Å². The molecule has 246 valence electrons. The number of hydrogen-bond acceptors (Lipinski definition) is 4. The maximum Gasteiger partial charge on any atom is 0.144 e. The standard InChI is InChI=1S/C49H29N3O/c1-2-8-32(9-3-1)41-28-24-35-22-23-36-25-29-42(51-48(36)47(35)50-41)33-18-14-30(15-19-33)31-16-20-34(21-17-31)46-40-27-26-38-37-10-5-7-13-44(37)53-49(38)45(40)39-11-4-6-12-43(39)52-46/h1-29H. The van der Waals surface area contributed by atoms with E-state index in [1.165, 1.54) is 0 Å². The minimum Gasteiger partial charge on any atom is -0.455 e. The highest BCUT2D eigenvalue weighted by Crippen LogP contribution is 2.41. The Morgan fingerprint density at radius 1 is 0.340 bits per heavy atom. The minimum atomic E-state index is 0.896. The normalized spacial score (nSPS) is 11.8. The van der Waals surface area contributed by atoms with Gasteiger partial charge >= 0.3 is 0 Å². The first kappa shape index (κ1) is 29.5. The molecule has 0 amide bonds. The van der Waals surface area contributed by atoms with Gasteiger partial charge in [0, 0.05) is 54.4 Å². The van der Waals surface area contributed by atoms with E-state index in [0.29, 0.717) is 0 Å². The molecule has 0 saturated heterocycles. The van der Waals surface area contributed by atoms with E-state index in [-0.39, 0.29) is 0 Å². The van der Waals surface area contributed by atoms with E-state index >= 15 is 0 Å². The summed E-state index contributed by atoms with van der Waals surface area (Å²) in [5, 5.41) is 7.67. The van der Waals surface area contributed by atoms with Crippen molar-refractivity contribution in [1.82, 2.24) is 15.0 Å². The van der Waals surface area contributed by atoms with Crippen LogP contribution in [0.25, 0.3) is 110 Å². The average Bonchev–Trinajstić information content (AvgIpc) is 3.62. The molecule has 11 rings (SSSR count). The third kappa shape index (κ3) is 4.80. The van der Waals surface area contributed by atoms with Gasteiger partial charge in [0.25, 0.3) is 0 Å². The van der Waals surface area contributed by atoms with E-state index in [2.05, 4.69) is 140 Å². The van der Waals surface area contributed by atoms with Gasteiger partial charge in [-0.1, -0.05) is 146 Å². The molecule has 0 spiro atoms. The van der Waals surface area contributed by atoms with Crippen LogP contribution in [-0.4, -0.2) is 15.0 Å². The molecule has 0 N–H and O–H groups in total. The second kappa shape index (κ2) is 11.7. The van der Waals surface area contributed by atoms with Crippen molar-refractivity contribution in [3.63, 3.8) is 0 Å². The lowest BCUT2D eigenvalue weighted by Gasteiger charge is -2.11. The molecular weight excluding hydrogens is 647 g/mol. The van der Waals surface area contributed by atoms with Crippen LogP contribution >= 0.6 is 0 Å². The van der Waals surface area contributed by atoms with Crippen molar-refractivity contribution in [1.29, 1.82) is 0 Å². The van der Waals surface area contributed by atoms with Crippen LogP contribution < -0.4 is 0 Å². The molecular formula is C49H29N3O. The molecule has 0 atom stereocenters. The maximum atomic E-state index is 6.51. The van der Waals surface area contributed by atoms with E-state index in [1.54, 1.807) is 0 Å². The van der Waals surface area contributed by atoms with Crippen LogP contribution in [-0.2, 0) is 0 Å². The van der Waals surface area contributed by atoms with Crippen molar-refractivity contribution in [3.8, 4) is 44.9 Å². The van der Waals surface area contributed by atoms with Crippen LogP contribution in [0.4, 0.5) is 0 Å². The first-order valence-electron chi connectivity index (χ1n) is 17.9. The van der Waals surface area contributed by atoms with Crippen molar-refractivity contribution < 1.29 is 4.42 Å². The molecule has 0 fully saturated rings. The number of aromatic nitrogens is 3. The van der Waals surface area contributed by atoms with Gasteiger partial charge in [0.2, 0.25) is 0 Å². The van der Waals surface area contributed by atoms with Gasteiger partial charge in [-0.15, -0.1) is 0 Å². The fraction of sp³-hybridized carbons (Fsp3) is 0. The van der Waals surface area contributed by atoms with Crippen molar-refractivity contribution >= 4 is 65.4 Å². The number of nitrogens with zero attached hydrogens (tertiary/aromatic N) is 3. The van der Waals surface area contributed by atoms with Crippen LogP contribution in [0.1, 0.15) is 0 Å². The molecule has 0 unspecified atom stereocenters. The summed E-state index contributed by atoms with van der Waals surface area (Å²) in [5.74, 6) is 0. The van der Waals surface area contributed by atoms with E-state index < -0.39 is 0 Å². The first-order chi connectivity index (χ1) is 26.2. The predicted octanol–water partition coefficient (Wildman–Crippen LogP) is 13.1. The van der Waals surface area contributed by atoms with Crippen molar-refractivity contribution in [2.24, 2.45) is 0 Å². The zero-order valence-electron chi connectivity index (χ0n) is 28.5.